The molecule has 4 heteroatoms. The highest BCUT2D eigenvalue weighted by Crippen LogP contribution is 2.28. The van der Waals surface area contributed by atoms with Gasteiger partial charge < -0.3 is 11.1 Å². The van der Waals surface area contributed by atoms with Gasteiger partial charge in [-0.3, -0.25) is 4.79 Å². The SMILES string of the molecule is CC(N)C(=O)NC1C(C)CCCC1C.Cl. The Kier molecular flexibility index (Phi) is 6.22. The van der Waals surface area contributed by atoms with Gasteiger partial charge in [0, 0.05) is 6.04 Å². The predicted molar refractivity (Wildman–Crippen MR) is 65.0 cm³/mol. The molecule has 0 saturated heterocycles. The van der Waals surface area contributed by atoms with Gasteiger partial charge in [-0.15, -0.1) is 12.4 Å². The zero-order valence-corrected chi connectivity index (χ0v) is 10.6. The summed E-state index contributed by atoms with van der Waals surface area (Å²) >= 11 is 0. The van der Waals surface area contributed by atoms with E-state index in [-0.39, 0.29) is 18.3 Å². The lowest BCUT2D eigenvalue weighted by molar-refractivity contribution is -0.123. The Hall–Kier alpha value is -0.280. The smallest absolute Gasteiger partial charge is 0.236 e. The molecule has 1 aliphatic carbocycles. The van der Waals surface area contributed by atoms with E-state index in [1.807, 2.05) is 0 Å². The third-order valence-corrected chi connectivity index (χ3v) is 3.27. The van der Waals surface area contributed by atoms with E-state index in [1.165, 1.54) is 19.3 Å². The van der Waals surface area contributed by atoms with Crippen molar-refractivity contribution in [1.82, 2.24) is 5.32 Å². The van der Waals surface area contributed by atoms with Gasteiger partial charge in [-0.25, -0.2) is 0 Å². The molecule has 0 aromatic heterocycles. The molecule has 3 nitrogen and oxygen atoms in total. The zero-order chi connectivity index (χ0) is 10.7. The van der Waals surface area contributed by atoms with Crippen molar-refractivity contribution in [3.8, 4) is 0 Å². The Morgan fingerprint density at radius 3 is 2.20 bits per heavy atom. The van der Waals surface area contributed by atoms with E-state index in [1.54, 1.807) is 6.92 Å². The fourth-order valence-electron chi connectivity index (χ4n) is 2.26. The molecule has 15 heavy (non-hydrogen) atoms. The van der Waals surface area contributed by atoms with E-state index in [4.69, 9.17) is 5.73 Å². The van der Waals surface area contributed by atoms with Crippen LogP contribution < -0.4 is 11.1 Å². The Balaban J connectivity index is 0.00000196. The highest BCUT2D eigenvalue weighted by Gasteiger charge is 2.29. The van der Waals surface area contributed by atoms with Crippen molar-refractivity contribution in [3.05, 3.63) is 0 Å². The second-order valence-corrected chi connectivity index (χ2v) is 4.71. The Morgan fingerprint density at radius 2 is 1.80 bits per heavy atom. The lowest BCUT2D eigenvalue weighted by Crippen LogP contribution is -2.50. The third kappa shape index (κ3) is 3.99. The Morgan fingerprint density at radius 1 is 1.33 bits per heavy atom. The first-order valence-electron chi connectivity index (χ1n) is 5.58. The maximum absolute atomic E-state index is 11.5. The first-order chi connectivity index (χ1) is 6.52. The molecule has 3 unspecified atom stereocenters. The van der Waals surface area contributed by atoms with Gasteiger partial charge in [-0.1, -0.05) is 20.3 Å². The maximum atomic E-state index is 11.5. The van der Waals surface area contributed by atoms with Crippen LogP contribution in [0.2, 0.25) is 0 Å². The molecule has 0 aromatic carbocycles. The first kappa shape index (κ1) is 14.7. The maximum Gasteiger partial charge on any atom is 0.236 e. The summed E-state index contributed by atoms with van der Waals surface area (Å²) in [5.41, 5.74) is 5.53. The minimum Gasteiger partial charge on any atom is -0.351 e. The standard InChI is InChI=1S/C11H22N2O.ClH/c1-7-5-4-6-8(2)10(7)13-11(14)9(3)12;/h7-10H,4-6,12H2,1-3H3,(H,13,14);1H. The highest BCUT2D eigenvalue weighted by molar-refractivity contribution is 5.85. The number of hydrogen-bond donors (Lipinski definition) is 2. The molecule has 0 bridgehead atoms. The summed E-state index contributed by atoms with van der Waals surface area (Å²) < 4.78 is 0. The second-order valence-electron chi connectivity index (χ2n) is 4.71. The van der Waals surface area contributed by atoms with Crippen LogP contribution in [0, 0.1) is 11.8 Å². The summed E-state index contributed by atoms with van der Waals surface area (Å²) in [6.07, 6.45) is 3.72. The van der Waals surface area contributed by atoms with Gasteiger partial charge in [0.25, 0.3) is 0 Å². The van der Waals surface area contributed by atoms with E-state index in [2.05, 4.69) is 19.2 Å². The largest absolute Gasteiger partial charge is 0.351 e. The van der Waals surface area contributed by atoms with E-state index in [0.29, 0.717) is 17.9 Å². The van der Waals surface area contributed by atoms with Gasteiger partial charge in [0.05, 0.1) is 6.04 Å². The van der Waals surface area contributed by atoms with Crippen LogP contribution in [0.3, 0.4) is 0 Å². The van der Waals surface area contributed by atoms with Crippen LogP contribution in [-0.4, -0.2) is 18.0 Å². The van der Waals surface area contributed by atoms with Crippen molar-refractivity contribution in [2.45, 2.75) is 52.1 Å². The van der Waals surface area contributed by atoms with Crippen molar-refractivity contribution in [3.63, 3.8) is 0 Å². The average molecular weight is 235 g/mol. The van der Waals surface area contributed by atoms with Crippen LogP contribution in [0.5, 0.6) is 0 Å². The summed E-state index contributed by atoms with van der Waals surface area (Å²) in [7, 11) is 0. The van der Waals surface area contributed by atoms with Crippen molar-refractivity contribution < 1.29 is 4.79 Å². The normalized spacial score (nSPS) is 32.7. The quantitative estimate of drug-likeness (QED) is 0.764. The molecular weight excluding hydrogens is 212 g/mol. The van der Waals surface area contributed by atoms with Gasteiger partial charge in [0.2, 0.25) is 5.91 Å². The van der Waals surface area contributed by atoms with Gasteiger partial charge in [-0.05, 0) is 31.6 Å². The molecule has 0 spiro atoms. The van der Waals surface area contributed by atoms with Crippen LogP contribution in [0.25, 0.3) is 0 Å². The molecule has 1 rings (SSSR count). The van der Waals surface area contributed by atoms with Gasteiger partial charge in [0.1, 0.15) is 0 Å². The number of nitrogens with one attached hydrogen (secondary N) is 1. The van der Waals surface area contributed by atoms with E-state index in [9.17, 15) is 4.79 Å². The molecule has 0 radical (unpaired) electrons. The molecule has 0 aromatic rings. The van der Waals surface area contributed by atoms with Gasteiger partial charge in [0.15, 0.2) is 0 Å². The van der Waals surface area contributed by atoms with Gasteiger partial charge >= 0.3 is 0 Å². The third-order valence-electron chi connectivity index (χ3n) is 3.27. The molecular formula is C11H23ClN2O. The lowest BCUT2D eigenvalue weighted by Gasteiger charge is -2.35. The fourth-order valence-corrected chi connectivity index (χ4v) is 2.26. The van der Waals surface area contributed by atoms with E-state index in [0.717, 1.165) is 0 Å². The van der Waals surface area contributed by atoms with Crippen LogP contribution in [0.15, 0.2) is 0 Å². The number of rotatable bonds is 2. The summed E-state index contributed by atoms with van der Waals surface area (Å²) in [5, 5.41) is 3.05. The number of amides is 1. The first-order valence-corrected chi connectivity index (χ1v) is 5.58. The molecule has 1 fully saturated rings. The van der Waals surface area contributed by atoms with Crippen LogP contribution >= 0.6 is 12.4 Å². The summed E-state index contributed by atoms with van der Waals surface area (Å²) in [5.74, 6) is 1.15. The van der Waals surface area contributed by atoms with Crippen LogP contribution in [0.1, 0.15) is 40.0 Å². The van der Waals surface area contributed by atoms with E-state index < -0.39 is 6.04 Å². The fraction of sp³-hybridized carbons (Fsp3) is 0.909. The summed E-state index contributed by atoms with van der Waals surface area (Å²) in [6.45, 7) is 6.15. The molecule has 90 valence electrons. The second kappa shape index (κ2) is 6.33. The van der Waals surface area contributed by atoms with Crippen molar-refractivity contribution in [2.24, 2.45) is 17.6 Å². The molecule has 3 N–H and O–H groups in total. The molecule has 1 saturated carbocycles. The minimum atomic E-state index is -0.392. The van der Waals surface area contributed by atoms with Crippen molar-refractivity contribution in [1.29, 1.82) is 0 Å². The molecule has 0 heterocycles. The van der Waals surface area contributed by atoms with Gasteiger partial charge in [-0.2, -0.15) is 0 Å². The van der Waals surface area contributed by atoms with Crippen LogP contribution in [0.4, 0.5) is 0 Å². The zero-order valence-electron chi connectivity index (χ0n) is 9.82. The number of carbonyl (C=O) groups is 1. The topological polar surface area (TPSA) is 55.1 Å². The van der Waals surface area contributed by atoms with Crippen molar-refractivity contribution in [2.75, 3.05) is 0 Å². The summed E-state index contributed by atoms with van der Waals surface area (Å²) in [6, 6.07) is -0.0708. The highest BCUT2D eigenvalue weighted by atomic mass is 35.5. The Bertz CT molecular complexity index is 199. The molecule has 1 amide bonds. The van der Waals surface area contributed by atoms with Crippen LogP contribution in [-0.2, 0) is 4.79 Å². The number of carbonyl (C=O) groups excluding carboxylic acids is 1. The number of nitrogens with two attached hydrogens (primary N) is 1. The van der Waals surface area contributed by atoms with E-state index >= 15 is 0 Å². The predicted octanol–water partition coefficient (Wildman–Crippen LogP) is 1.70. The minimum absolute atomic E-state index is 0. The molecule has 0 aliphatic heterocycles. The average Bonchev–Trinajstić information content (AvgIpc) is 2.11. The number of hydrogen-bond acceptors (Lipinski definition) is 2. The summed E-state index contributed by atoms with van der Waals surface area (Å²) in [4.78, 5) is 11.5. The monoisotopic (exact) mass is 234 g/mol. The Labute approximate surface area is 98.6 Å². The molecule has 1 aliphatic rings. The molecule has 3 atom stereocenters. The lowest BCUT2D eigenvalue weighted by atomic mass is 9.78. The number of halogens is 1. The van der Waals surface area contributed by atoms with Crippen molar-refractivity contribution >= 4 is 18.3 Å².